The first-order valence-corrected chi connectivity index (χ1v) is 8.56. The van der Waals surface area contributed by atoms with E-state index in [0.29, 0.717) is 6.54 Å². The predicted molar refractivity (Wildman–Crippen MR) is 83.4 cm³/mol. The Balaban J connectivity index is 2.06. The van der Waals surface area contributed by atoms with E-state index in [0.717, 1.165) is 12.5 Å². The molecule has 0 heterocycles. The fourth-order valence-electron chi connectivity index (χ4n) is 3.34. The van der Waals surface area contributed by atoms with Gasteiger partial charge in [-0.05, 0) is 25.2 Å². The van der Waals surface area contributed by atoms with Crippen LogP contribution >= 0.6 is 0 Å². The quantitative estimate of drug-likeness (QED) is 0.585. The van der Waals surface area contributed by atoms with Crippen LogP contribution in [0.25, 0.3) is 0 Å². The second-order valence-electron chi connectivity index (χ2n) is 6.56. The maximum atomic E-state index is 6.19. The van der Waals surface area contributed by atoms with Crippen LogP contribution in [0, 0.1) is 5.92 Å². The average molecular weight is 269 g/mol. The smallest absolute Gasteiger partial charge is 0.0806 e. The zero-order chi connectivity index (χ0) is 14.0. The minimum absolute atomic E-state index is 0.0138. The van der Waals surface area contributed by atoms with Crippen LogP contribution in [0.4, 0.5) is 0 Å². The molecule has 19 heavy (non-hydrogen) atoms. The van der Waals surface area contributed by atoms with E-state index in [1.54, 1.807) is 0 Å². The lowest BCUT2D eigenvalue weighted by Crippen LogP contribution is -2.44. The highest BCUT2D eigenvalue weighted by Crippen LogP contribution is 2.34. The van der Waals surface area contributed by atoms with E-state index in [1.807, 2.05) is 0 Å². The van der Waals surface area contributed by atoms with Gasteiger partial charge in [-0.2, -0.15) is 0 Å². The van der Waals surface area contributed by atoms with Crippen molar-refractivity contribution < 1.29 is 4.74 Å². The van der Waals surface area contributed by atoms with Crippen LogP contribution in [-0.2, 0) is 4.74 Å². The van der Waals surface area contributed by atoms with Crippen molar-refractivity contribution in [1.29, 1.82) is 0 Å². The maximum absolute atomic E-state index is 6.19. The summed E-state index contributed by atoms with van der Waals surface area (Å²) >= 11 is 0. The fraction of sp³-hybridized carbons (Fsp3) is 1.00. The Labute approximate surface area is 120 Å². The predicted octanol–water partition coefficient (Wildman–Crippen LogP) is 4.66. The molecule has 0 bridgehead atoms. The molecule has 0 aliphatic heterocycles. The molecule has 114 valence electrons. The molecular formula is C17H35NO. The van der Waals surface area contributed by atoms with E-state index in [9.17, 15) is 0 Å². The van der Waals surface area contributed by atoms with Crippen LogP contribution in [0.1, 0.15) is 84.5 Å². The van der Waals surface area contributed by atoms with Gasteiger partial charge in [-0.15, -0.1) is 0 Å². The van der Waals surface area contributed by atoms with Gasteiger partial charge < -0.3 is 10.5 Å². The van der Waals surface area contributed by atoms with Gasteiger partial charge in [0.05, 0.1) is 5.60 Å². The number of hydrogen-bond acceptors (Lipinski definition) is 2. The molecule has 2 nitrogen and oxygen atoms in total. The SMILES string of the molecule is CCCCCCCCCOC1(CN)CCCC(C)C1. The highest BCUT2D eigenvalue weighted by atomic mass is 16.5. The van der Waals surface area contributed by atoms with Gasteiger partial charge in [0, 0.05) is 13.2 Å². The van der Waals surface area contributed by atoms with Gasteiger partial charge in [0.15, 0.2) is 0 Å². The molecule has 0 spiro atoms. The Morgan fingerprint density at radius 3 is 2.42 bits per heavy atom. The fourth-order valence-corrected chi connectivity index (χ4v) is 3.34. The van der Waals surface area contributed by atoms with Gasteiger partial charge in [-0.1, -0.05) is 65.2 Å². The second-order valence-corrected chi connectivity index (χ2v) is 6.56. The number of rotatable bonds is 10. The lowest BCUT2D eigenvalue weighted by Gasteiger charge is -2.39. The van der Waals surface area contributed by atoms with Crippen LogP contribution in [0.2, 0.25) is 0 Å². The van der Waals surface area contributed by atoms with Gasteiger partial charge in [0.25, 0.3) is 0 Å². The van der Waals surface area contributed by atoms with Crippen molar-refractivity contribution in [3.05, 3.63) is 0 Å². The summed E-state index contributed by atoms with van der Waals surface area (Å²) in [6.07, 6.45) is 14.4. The van der Waals surface area contributed by atoms with Crippen molar-refractivity contribution in [3.8, 4) is 0 Å². The number of nitrogens with two attached hydrogens (primary N) is 1. The summed E-state index contributed by atoms with van der Waals surface area (Å²) in [5.41, 5.74) is 5.98. The highest BCUT2D eigenvalue weighted by Gasteiger charge is 2.34. The molecule has 0 aromatic carbocycles. The first-order valence-electron chi connectivity index (χ1n) is 8.56. The monoisotopic (exact) mass is 269 g/mol. The van der Waals surface area contributed by atoms with Crippen molar-refractivity contribution in [3.63, 3.8) is 0 Å². The second kappa shape index (κ2) is 9.77. The third-order valence-corrected chi connectivity index (χ3v) is 4.58. The zero-order valence-corrected chi connectivity index (χ0v) is 13.3. The van der Waals surface area contributed by atoms with Gasteiger partial charge in [0.2, 0.25) is 0 Å². The van der Waals surface area contributed by atoms with E-state index >= 15 is 0 Å². The Hall–Kier alpha value is -0.0800. The third-order valence-electron chi connectivity index (χ3n) is 4.58. The van der Waals surface area contributed by atoms with E-state index in [2.05, 4.69) is 13.8 Å². The molecule has 0 saturated heterocycles. The Bertz CT molecular complexity index is 219. The van der Waals surface area contributed by atoms with Crippen molar-refractivity contribution in [2.45, 2.75) is 90.1 Å². The molecule has 1 fully saturated rings. The minimum atomic E-state index is 0.0138. The van der Waals surface area contributed by atoms with Crippen LogP contribution in [0.5, 0.6) is 0 Å². The minimum Gasteiger partial charge on any atom is -0.374 e. The molecule has 0 radical (unpaired) electrons. The summed E-state index contributed by atoms with van der Waals surface area (Å²) < 4.78 is 6.19. The lowest BCUT2D eigenvalue weighted by molar-refractivity contribution is -0.0753. The molecule has 0 amide bonds. The maximum Gasteiger partial charge on any atom is 0.0806 e. The van der Waals surface area contributed by atoms with Crippen molar-refractivity contribution >= 4 is 0 Å². The topological polar surface area (TPSA) is 35.2 Å². The Morgan fingerprint density at radius 2 is 1.79 bits per heavy atom. The van der Waals surface area contributed by atoms with Crippen molar-refractivity contribution in [2.24, 2.45) is 11.7 Å². The van der Waals surface area contributed by atoms with Crippen LogP contribution in [0.15, 0.2) is 0 Å². The molecule has 2 N–H and O–H groups in total. The summed E-state index contributed by atoms with van der Waals surface area (Å²) in [6, 6.07) is 0. The Kier molecular flexibility index (Phi) is 8.72. The number of hydrogen-bond donors (Lipinski definition) is 1. The molecule has 1 saturated carbocycles. The molecule has 1 aliphatic rings. The summed E-state index contributed by atoms with van der Waals surface area (Å²) in [6.45, 7) is 6.22. The molecule has 1 rings (SSSR count). The largest absolute Gasteiger partial charge is 0.374 e. The third kappa shape index (κ3) is 6.76. The average Bonchev–Trinajstić information content (AvgIpc) is 2.42. The molecule has 2 unspecified atom stereocenters. The lowest BCUT2D eigenvalue weighted by atomic mass is 9.79. The highest BCUT2D eigenvalue weighted by molar-refractivity contribution is 4.87. The molecule has 2 heteroatoms. The molecule has 2 atom stereocenters. The Morgan fingerprint density at radius 1 is 1.11 bits per heavy atom. The van der Waals surface area contributed by atoms with Gasteiger partial charge in [0.1, 0.15) is 0 Å². The summed E-state index contributed by atoms with van der Waals surface area (Å²) in [4.78, 5) is 0. The normalized spacial score (nSPS) is 27.6. The van der Waals surface area contributed by atoms with E-state index in [4.69, 9.17) is 10.5 Å². The van der Waals surface area contributed by atoms with E-state index in [1.165, 1.54) is 70.6 Å². The molecular weight excluding hydrogens is 234 g/mol. The van der Waals surface area contributed by atoms with Crippen LogP contribution in [-0.4, -0.2) is 18.8 Å². The first kappa shape index (κ1) is 17.0. The van der Waals surface area contributed by atoms with E-state index in [-0.39, 0.29) is 5.60 Å². The number of unbranched alkanes of at least 4 members (excludes halogenated alkanes) is 6. The van der Waals surface area contributed by atoms with Crippen LogP contribution in [0.3, 0.4) is 0 Å². The first-order chi connectivity index (χ1) is 9.22. The molecule has 0 aromatic heterocycles. The van der Waals surface area contributed by atoms with Crippen molar-refractivity contribution in [1.82, 2.24) is 0 Å². The number of ether oxygens (including phenoxy) is 1. The van der Waals surface area contributed by atoms with Crippen molar-refractivity contribution in [2.75, 3.05) is 13.2 Å². The standard InChI is InChI=1S/C17H35NO/c1-3-4-5-6-7-8-9-13-19-17(15-18)12-10-11-16(2)14-17/h16H,3-15,18H2,1-2H3. The molecule has 1 aliphatic carbocycles. The summed E-state index contributed by atoms with van der Waals surface area (Å²) in [7, 11) is 0. The van der Waals surface area contributed by atoms with Gasteiger partial charge in [-0.3, -0.25) is 0 Å². The summed E-state index contributed by atoms with van der Waals surface area (Å²) in [5.74, 6) is 0.784. The zero-order valence-electron chi connectivity index (χ0n) is 13.3. The summed E-state index contributed by atoms with van der Waals surface area (Å²) in [5, 5.41) is 0. The van der Waals surface area contributed by atoms with Gasteiger partial charge in [-0.25, -0.2) is 0 Å². The van der Waals surface area contributed by atoms with E-state index < -0.39 is 0 Å². The van der Waals surface area contributed by atoms with Gasteiger partial charge >= 0.3 is 0 Å². The van der Waals surface area contributed by atoms with Crippen LogP contribution < -0.4 is 5.73 Å². The molecule has 0 aromatic rings.